The molecule has 0 amide bonds. The minimum absolute atomic E-state index is 0.251. The van der Waals surface area contributed by atoms with E-state index in [0.29, 0.717) is 18.1 Å². The van der Waals surface area contributed by atoms with Gasteiger partial charge in [0.05, 0.1) is 11.6 Å². The summed E-state index contributed by atoms with van der Waals surface area (Å²) >= 11 is 3.59. The van der Waals surface area contributed by atoms with Gasteiger partial charge in [-0.3, -0.25) is 0 Å². The van der Waals surface area contributed by atoms with Crippen molar-refractivity contribution in [3.05, 3.63) is 57.8 Å². The minimum Gasteiger partial charge on any atom is -0.493 e. The van der Waals surface area contributed by atoms with Gasteiger partial charge in [0.2, 0.25) is 0 Å². The zero-order valence-corrected chi connectivity index (χ0v) is 17.1. The number of nitrogens with one attached hydrogen (secondary N) is 2. The SMILES string of the molecule is COc1cc(CNCC2CCNCC2)cc(Br)c1OCc1ccc(F)cc1. The summed E-state index contributed by atoms with van der Waals surface area (Å²) in [5, 5.41) is 6.95. The van der Waals surface area contributed by atoms with Crippen molar-refractivity contribution in [1.82, 2.24) is 10.6 Å². The Morgan fingerprint density at radius 1 is 1.15 bits per heavy atom. The second-order valence-corrected chi connectivity index (χ2v) is 7.70. The molecule has 0 unspecified atom stereocenters. The van der Waals surface area contributed by atoms with E-state index in [0.717, 1.165) is 47.7 Å². The lowest BCUT2D eigenvalue weighted by Crippen LogP contribution is -2.33. The third kappa shape index (κ3) is 5.92. The van der Waals surface area contributed by atoms with E-state index in [1.165, 1.54) is 25.0 Å². The van der Waals surface area contributed by atoms with E-state index in [1.807, 2.05) is 6.07 Å². The van der Waals surface area contributed by atoms with Crippen LogP contribution in [-0.4, -0.2) is 26.7 Å². The Kier molecular flexibility index (Phi) is 7.50. The summed E-state index contributed by atoms with van der Waals surface area (Å²) in [6.45, 7) is 4.40. The van der Waals surface area contributed by atoms with E-state index in [4.69, 9.17) is 9.47 Å². The number of piperidine rings is 1. The van der Waals surface area contributed by atoms with Crippen molar-refractivity contribution in [2.24, 2.45) is 5.92 Å². The van der Waals surface area contributed by atoms with Crippen LogP contribution in [0.3, 0.4) is 0 Å². The van der Waals surface area contributed by atoms with Gasteiger partial charge in [-0.1, -0.05) is 12.1 Å². The minimum atomic E-state index is -0.251. The molecular formula is C21H26BrFN2O2. The summed E-state index contributed by atoms with van der Waals surface area (Å²) in [5.74, 6) is 1.84. The zero-order chi connectivity index (χ0) is 19.1. The Morgan fingerprint density at radius 2 is 1.89 bits per heavy atom. The third-order valence-electron chi connectivity index (χ3n) is 4.81. The molecule has 0 aliphatic carbocycles. The molecule has 0 radical (unpaired) electrons. The molecule has 0 bridgehead atoms. The van der Waals surface area contributed by atoms with E-state index in [9.17, 15) is 4.39 Å². The first-order valence-corrected chi connectivity index (χ1v) is 10.1. The number of halogens is 2. The van der Waals surface area contributed by atoms with Crippen LogP contribution in [0, 0.1) is 11.7 Å². The average Bonchev–Trinajstić information content (AvgIpc) is 2.69. The van der Waals surface area contributed by atoms with Crippen LogP contribution in [0.1, 0.15) is 24.0 Å². The lowest BCUT2D eigenvalue weighted by molar-refractivity contribution is 0.282. The van der Waals surface area contributed by atoms with E-state index in [1.54, 1.807) is 19.2 Å². The highest BCUT2D eigenvalue weighted by Crippen LogP contribution is 2.37. The predicted octanol–water partition coefficient (Wildman–Crippen LogP) is 4.27. The molecule has 1 heterocycles. The molecule has 1 fully saturated rings. The molecule has 6 heteroatoms. The largest absolute Gasteiger partial charge is 0.493 e. The first-order chi connectivity index (χ1) is 13.2. The lowest BCUT2D eigenvalue weighted by Gasteiger charge is -2.23. The summed E-state index contributed by atoms with van der Waals surface area (Å²) in [6, 6.07) is 10.4. The number of hydrogen-bond donors (Lipinski definition) is 2. The second kappa shape index (κ2) is 10.1. The maximum atomic E-state index is 13.0. The second-order valence-electron chi connectivity index (χ2n) is 6.85. The van der Waals surface area contributed by atoms with Gasteiger partial charge in [-0.05, 0) is 89.7 Å². The van der Waals surface area contributed by atoms with Crippen LogP contribution in [0.4, 0.5) is 4.39 Å². The molecule has 27 heavy (non-hydrogen) atoms. The standard InChI is InChI=1S/C21H26BrFN2O2/c1-26-20-11-17(13-25-12-15-6-8-24-9-7-15)10-19(22)21(20)27-14-16-2-4-18(23)5-3-16/h2-5,10-11,15,24-25H,6-9,12-14H2,1H3. The first-order valence-electron chi connectivity index (χ1n) is 9.31. The Bertz CT molecular complexity index is 734. The highest BCUT2D eigenvalue weighted by Gasteiger charge is 2.14. The van der Waals surface area contributed by atoms with Gasteiger partial charge < -0.3 is 20.1 Å². The molecule has 0 spiro atoms. The average molecular weight is 437 g/mol. The fourth-order valence-corrected chi connectivity index (χ4v) is 3.86. The Labute approximate surface area is 168 Å². The van der Waals surface area contributed by atoms with Gasteiger partial charge in [0, 0.05) is 6.54 Å². The molecule has 0 atom stereocenters. The molecule has 3 rings (SSSR count). The Morgan fingerprint density at radius 3 is 2.59 bits per heavy atom. The van der Waals surface area contributed by atoms with Crippen molar-refractivity contribution >= 4 is 15.9 Å². The summed E-state index contributed by atoms with van der Waals surface area (Å²) in [4.78, 5) is 0. The van der Waals surface area contributed by atoms with Gasteiger partial charge in [0.25, 0.3) is 0 Å². The molecule has 0 aromatic heterocycles. The number of rotatable bonds is 8. The molecule has 2 aromatic carbocycles. The highest BCUT2D eigenvalue weighted by molar-refractivity contribution is 9.10. The quantitative estimate of drug-likeness (QED) is 0.648. The Balaban J connectivity index is 1.59. The van der Waals surface area contributed by atoms with Crippen LogP contribution in [0.15, 0.2) is 40.9 Å². The normalized spacial score (nSPS) is 14.9. The fraction of sp³-hybridized carbons (Fsp3) is 0.429. The Hall–Kier alpha value is -1.63. The molecule has 2 N–H and O–H groups in total. The summed E-state index contributed by atoms with van der Waals surface area (Å²) in [7, 11) is 1.64. The monoisotopic (exact) mass is 436 g/mol. The number of benzene rings is 2. The van der Waals surface area contributed by atoms with Crippen LogP contribution < -0.4 is 20.1 Å². The maximum absolute atomic E-state index is 13.0. The molecule has 2 aromatic rings. The van der Waals surface area contributed by atoms with Gasteiger partial charge in [0.15, 0.2) is 11.5 Å². The lowest BCUT2D eigenvalue weighted by atomic mass is 9.98. The molecule has 1 saturated heterocycles. The van der Waals surface area contributed by atoms with Crippen molar-refractivity contribution in [3.63, 3.8) is 0 Å². The molecule has 1 aliphatic rings. The van der Waals surface area contributed by atoms with Crippen molar-refractivity contribution in [2.45, 2.75) is 26.0 Å². The van der Waals surface area contributed by atoms with Gasteiger partial charge in [0.1, 0.15) is 12.4 Å². The van der Waals surface area contributed by atoms with Gasteiger partial charge in [-0.15, -0.1) is 0 Å². The van der Waals surface area contributed by atoms with Crippen molar-refractivity contribution in [2.75, 3.05) is 26.7 Å². The van der Waals surface area contributed by atoms with E-state index in [2.05, 4.69) is 32.6 Å². The molecule has 4 nitrogen and oxygen atoms in total. The summed E-state index contributed by atoms with van der Waals surface area (Å²) in [6.07, 6.45) is 2.46. The van der Waals surface area contributed by atoms with Crippen LogP contribution in [-0.2, 0) is 13.2 Å². The van der Waals surface area contributed by atoms with Gasteiger partial charge >= 0.3 is 0 Å². The van der Waals surface area contributed by atoms with Gasteiger partial charge in [-0.2, -0.15) is 0 Å². The maximum Gasteiger partial charge on any atom is 0.175 e. The first kappa shape index (κ1) is 20.1. The summed E-state index contributed by atoms with van der Waals surface area (Å²) in [5.41, 5.74) is 2.04. The van der Waals surface area contributed by atoms with Crippen LogP contribution >= 0.6 is 15.9 Å². The zero-order valence-electron chi connectivity index (χ0n) is 15.6. The van der Waals surface area contributed by atoms with Crippen molar-refractivity contribution in [3.8, 4) is 11.5 Å². The number of methoxy groups -OCH3 is 1. The van der Waals surface area contributed by atoms with Crippen molar-refractivity contribution < 1.29 is 13.9 Å². The molecule has 1 aliphatic heterocycles. The van der Waals surface area contributed by atoms with E-state index in [-0.39, 0.29) is 5.82 Å². The number of ether oxygens (including phenoxy) is 2. The van der Waals surface area contributed by atoms with E-state index >= 15 is 0 Å². The van der Waals surface area contributed by atoms with Crippen molar-refractivity contribution in [1.29, 1.82) is 0 Å². The fourth-order valence-electron chi connectivity index (χ4n) is 3.26. The van der Waals surface area contributed by atoms with Crippen LogP contribution in [0.2, 0.25) is 0 Å². The summed E-state index contributed by atoms with van der Waals surface area (Å²) < 4.78 is 25.3. The smallest absolute Gasteiger partial charge is 0.175 e. The van der Waals surface area contributed by atoms with E-state index < -0.39 is 0 Å². The van der Waals surface area contributed by atoms with Gasteiger partial charge in [-0.25, -0.2) is 4.39 Å². The van der Waals surface area contributed by atoms with Crippen LogP contribution in [0.5, 0.6) is 11.5 Å². The molecular weight excluding hydrogens is 411 g/mol. The third-order valence-corrected chi connectivity index (χ3v) is 5.40. The number of hydrogen-bond acceptors (Lipinski definition) is 4. The predicted molar refractivity (Wildman–Crippen MR) is 109 cm³/mol. The molecule has 146 valence electrons. The topological polar surface area (TPSA) is 42.5 Å². The van der Waals surface area contributed by atoms with Crippen LogP contribution in [0.25, 0.3) is 0 Å². The highest BCUT2D eigenvalue weighted by atomic mass is 79.9. The molecule has 0 saturated carbocycles.